The predicted molar refractivity (Wildman–Crippen MR) is 91.0 cm³/mol. The smallest absolute Gasteiger partial charge is 0.0175 e. The molecular weight excluding hydrogens is 310 g/mol. The Hall–Kier alpha value is -0.340. The van der Waals surface area contributed by atoms with Crippen molar-refractivity contribution >= 4 is 15.9 Å². The fraction of sp³-hybridized carbons (Fsp3) is 0.667. The molecule has 1 aliphatic carbocycles. The molecule has 0 aromatic heterocycles. The average Bonchev–Trinajstić information content (AvgIpc) is 2.46. The molecule has 1 fully saturated rings. The standard InChI is InChI=1S/C18H28BrN/c1-3-12-20-18(16-8-4-14(2)5-9-16)13-15-6-10-17(19)11-7-15/h6-7,10-11,14,16,18,20H,3-5,8-9,12-13H2,1-2H3. The van der Waals surface area contributed by atoms with E-state index in [0.717, 1.165) is 18.4 Å². The van der Waals surface area contributed by atoms with Crippen LogP contribution in [-0.2, 0) is 6.42 Å². The van der Waals surface area contributed by atoms with Crippen LogP contribution in [0.5, 0.6) is 0 Å². The average molecular weight is 338 g/mol. The maximum Gasteiger partial charge on any atom is 0.0175 e. The van der Waals surface area contributed by atoms with Gasteiger partial charge >= 0.3 is 0 Å². The summed E-state index contributed by atoms with van der Waals surface area (Å²) in [6.45, 7) is 5.80. The van der Waals surface area contributed by atoms with Gasteiger partial charge in [0.2, 0.25) is 0 Å². The van der Waals surface area contributed by atoms with Crippen LogP contribution in [0.3, 0.4) is 0 Å². The zero-order valence-corrected chi connectivity index (χ0v) is 14.5. The van der Waals surface area contributed by atoms with Gasteiger partial charge in [-0.2, -0.15) is 0 Å². The van der Waals surface area contributed by atoms with Crippen molar-refractivity contribution in [2.75, 3.05) is 6.54 Å². The first-order valence-electron chi connectivity index (χ1n) is 8.17. The molecule has 0 aliphatic heterocycles. The van der Waals surface area contributed by atoms with E-state index in [-0.39, 0.29) is 0 Å². The summed E-state index contributed by atoms with van der Waals surface area (Å²) < 4.78 is 1.17. The van der Waals surface area contributed by atoms with Crippen molar-refractivity contribution in [1.82, 2.24) is 5.32 Å². The van der Waals surface area contributed by atoms with Gasteiger partial charge < -0.3 is 5.32 Å². The zero-order chi connectivity index (χ0) is 14.4. The Balaban J connectivity index is 1.97. The number of hydrogen-bond donors (Lipinski definition) is 1. The first-order valence-corrected chi connectivity index (χ1v) is 8.96. The van der Waals surface area contributed by atoms with Crippen LogP contribution in [0.1, 0.15) is 51.5 Å². The highest BCUT2D eigenvalue weighted by molar-refractivity contribution is 9.10. The molecule has 2 heteroatoms. The van der Waals surface area contributed by atoms with Gasteiger partial charge in [-0.05, 0) is 61.8 Å². The summed E-state index contributed by atoms with van der Waals surface area (Å²) >= 11 is 3.52. The van der Waals surface area contributed by atoms with Gasteiger partial charge in [-0.25, -0.2) is 0 Å². The molecule has 1 N–H and O–H groups in total. The van der Waals surface area contributed by atoms with E-state index in [1.807, 2.05) is 0 Å². The maximum atomic E-state index is 3.81. The van der Waals surface area contributed by atoms with Crippen molar-refractivity contribution in [1.29, 1.82) is 0 Å². The second-order valence-corrected chi connectivity index (χ2v) is 7.33. The quantitative estimate of drug-likeness (QED) is 0.753. The molecule has 20 heavy (non-hydrogen) atoms. The molecule has 2 rings (SSSR count). The van der Waals surface area contributed by atoms with Gasteiger partial charge in [-0.3, -0.25) is 0 Å². The molecule has 1 nitrogen and oxygen atoms in total. The lowest BCUT2D eigenvalue weighted by Gasteiger charge is -2.33. The van der Waals surface area contributed by atoms with Crippen LogP contribution in [0.2, 0.25) is 0 Å². The number of halogens is 1. The summed E-state index contributed by atoms with van der Waals surface area (Å²) in [5.74, 6) is 1.80. The van der Waals surface area contributed by atoms with Crippen molar-refractivity contribution in [2.45, 2.75) is 58.4 Å². The fourth-order valence-electron chi connectivity index (χ4n) is 3.30. The minimum absolute atomic E-state index is 0.656. The minimum atomic E-state index is 0.656. The van der Waals surface area contributed by atoms with Crippen molar-refractivity contribution < 1.29 is 0 Å². The van der Waals surface area contributed by atoms with Crippen molar-refractivity contribution in [3.63, 3.8) is 0 Å². The van der Waals surface area contributed by atoms with Crippen LogP contribution in [0.25, 0.3) is 0 Å². The molecule has 0 spiro atoms. The van der Waals surface area contributed by atoms with E-state index in [9.17, 15) is 0 Å². The Kier molecular flexibility index (Phi) is 6.57. The van der Waals surface area contributed by atoms with Gasteiger partial charge in [0.15, 0.2) is 0 Å². The molecule has 1 atom stereocenters. The number of benzene rings is 1. The first kappa shape index (κ1) is 16.0. The van der Waals surface area contributed by atoms with Gasteiger partial charge in [-0.1, -0.05) is 54.8 Å². The third kappa shape index (κ3) is 4.89. The summed E-state index contributed by atoms with van der Waals surface area (Å²) in [6, 6.07) is 9.50. The summed E-state index contributed by atoms with van der Waals surface area (Å²) in [4.78, 5) is 0. The van der Waals surface area contributed by atoms with Crippen molar-refractivity contribution in [3.8, 4) is 0 Å². The van der Waals surface area contributed by atoms with E-state index in [4.69, 9.17) is 0 Å². The van der Waals surface area contributed by atoms with Crippen LogP contribution in [0.4, 0.5) is 0 Å². The highest BCUT2D eigenvalue weighted by Crippen LogP contribution is 2.31. The molecule has 1 aliphatic rings. The second kappa shape index (κ2) is 8.19. The number of nitrogens with one attached hydrogen (secondary N) is 1. The minimum Gasteiger partial charge on any atom is -0.313 e. The van der Waals surface area contributed by atoms with E-state index in [2.05, 4.69) is 59.4 Å². The molecule has 0 amide bonds. The molecule has 0 saturated heterocycles. The Morgan fingerprint density at radius 3 is 2.40 bits per heavy atom. The van der Waals surface area contributed by atoms with Crippen molar-refractivity contribution in [2.24, 2.45) is 11.8 Å². The van der Waals surface area contributed by atoms with Crippen LogP contribution in [0.15, 0.2) is 28.7 Å². The van der Waals surface area contributed by atoms with Crippen LogP contribution >= 0.6 is 15.9 Å². The SMILES string of the molecule is CCCNC(Cc1ccc(Br)cc1)C1CCC(C)CC1. The third-order valence-electron chi connectivity index (χ3n) is 4.65. The molecular formula is C18H28BrN. The van der Waals surface area contributed by atoms with E-state index in [1.54, 1.807) is 0 Å². The molecule has 1 unspecified atom stereocenters. The topological polar surface area (TPSA) is 12.0 Å². The normalized spacial score (nSPS) is 24.6. The molecule has 1 saturated carbocycles. The van der Waals surface area contributed by atoms with E-state index in [1.165, 1.54) is 48.6 Å². The highest BCUT2D eigenvalue weighted by atomic mass is 79.9. The highest BCUT2D eigenvalue weighted by Gasteiger charge is 2.25. The van der Waals surface area contributed by atoms with Gasteiger partial charge in [0.1, 0.15) is 0 Å². The molecule has 0 heterocycles. The summed E-state index contributed by atoms with van der Waals surface area (Å²) in [7, 11) is 0. The summed E-state index contributed by atoms with van der Waals surface area (Å²) in [6.07, 6.45) is 8.02. The van der Waals surface area contributed by atoms with Crippen molar-refractivity contribution in [3.05, 3.63) is 34.3 Å². The predicted octanol–water partition coefficient (Wildman–Crippen LogP) is 5.19. The largest absolute Gasteiger partial charge is 0.313 e. The van der Waals surface area contributed by atoms with Crippen LogP contribution in [-0.4, -0.2) is 12.6 Å². The number of hydrogen-bond acceptors (Lipinski definition) is 1. The van der Waals surface area contributed by atoms with E-state index in [0.29, 0.717) is 6.04 Å². The van der Waals surface area contributed by atoms with Gasteiger partial charge in [-0.15, -0.1) is 0 Å². The fourth-order valence-corrected chi connectivity index (χ4v) is 3.56. The maximum absolute atomic E-state index is 3.81. The lowest BCUT2D eigenvalue weighted by molar-refractivity contribution is 0.229. The lowest BCUT2D eigenvalue weighted by atomic mass is 9.77. The summed E-state index contributed by atoms with van der Waals surface area (Å²) in [5.41, 5.74) is 1.46. The monoisotopic (exact) mass is 337 g/mol. The van der Waals surface area contributed by atoms with E-state index < -0.39 is 0 Å². The molecule has 0 bridgehead atoms. The van der Waals surface area contributed by atoms with Crippen LogP contribution < -0.4 is 5.32 Å². The summed E-state index contributed by atoms with van der Waals surface area (Å²) in [5, 5.41) is 3.81. The molecule has 112 valence electrons. The van der Waals surface area contributed by atoms with E-state index >= 15 is 0 Å². The Labute approximate surface area is 132 Å². The van der Waals surface area contributed by atoms with Crippen LogP contribution in [0, 0.1) is 11.8 Å². The Morgan fingerprint density at radius 1 is 1.15 bits per heavy atom. The molecule has 0 radical (unpaired) electrons. The van der Waals surface area contributed by atoms with Gasteiger partial charge in [0.05, 0.1) is 0 Å². The zero-order valence-electron chi connectivity index (χ0n) is 12.9. The molecule has 1 aromatic carbocycles. The molecule has 1 aromatic rings. The second-order valence-electron chi connectivity index (χ2n) is 6.41. The first-order chi connectivity index (χ1) is 9.69. The Morgan fingerprint density at radius 2 is 1.80 bits per heavy atom. The Bertz CT molecular complexity index is 379. The van der Waals surface area contributed by atoms with Gasteiger partial charge in [0, 0.05) is 10.5 Å². The lowest BCUT2D eigenvalue weighted by Crippen LogP contribution is -2.40. The van der Waals surface area contributed by atoms with Gasteiger partial charge in [0.25, 0.3) is 0 Å². The number of rotatable bonds is 6. The third-order valence-corrected chi connectivity index (χ3v) is 5.18.